The molecule has 0 fully saturated rings. The summed E-state index contributed by atoms with van der Waals surface area (Å²) >= 11 is 0. The van der Waals surface area contributed by atoms with Gasteiger partial charge in [0.25, 0.3) is 10.0 Å². The molecule has 0 spiro atoms. The molecule has 0 saturated carbocycles. The third kappa shape index (κ3) is 3.58. The number of ether oxygens (including phenoxy) is 1. The van der Waals surface area contributed by atoms with Crippen molar-refractivity contribution in [3.8, 4) is 11.8 Å². The number of anilines is 2. The number of nitrogens with zero attached hydrogens (tertiary/aromatic N) is 3. The van der Waals surface area contributed by atoms with E-state index in [4.69, 9.17) is 10.5 Å². The largest absolute Gasteiger partial charge is 0.424 e. The molecule has 8 nitrogen and oxygen atoms in total. The van der Waals surface area contributed by atoms with Crippen molar-refractivity contribution >= 4 is 21.7 Å². The summed E-state index contributed by atoms with van der Waals surface area (Å²) in [6.07, 6.45) is 1.15. The fraction of sp³-hybridized carbons (Fsp3) is 0. The predicted octanol–water partition coefficient (Wildman–Crippen LogP) is 2.05. The first kappa shape index (κ1) is 15.7. The topological polar surface area (TPSA) is 120 Å². The van der Waals surface area contributed by atoms with Crippen LogP contribution in [0.4, 0.5) is 11.6 Å². The van der Waals surface area contributed by atoms with E-state index in [-0.39, 0.29) is 22.5 Å². The summed E-state index contributed by atoms with van der Waals surface area (Å²) in [5, 5.41) is 0. The first-order valence-corrected chi connectivity index (χ1v) is 8.32. The number of nitrogens with one attached hydrogen (secondary N) is 1. The average molecular weight is 343 g/mol. The molecule has 24 heavy (non-hydrogen) atoms. The first-order valence-electron chi connectivity index (χ1n) is 6.84. The van der Waals surface area contributed by atoms with E-state index in [1.165, 1.54) is 12.1 Å². The molecule has 3 N–H and O–H groups in total. The predicted molar refractivity (Wildman–Crippen MR) is 88.0 cm³/mol. The van der Waals surface area contributed by atoms with Gasteiger partial charge in [-0.15, -0.1) is 0 Å². The van der Waals surface area contributed by atoms with Crippen LogP contribution in [-0.2, 0) is 10.0 Å². The lowest BCUT2D eigenvalue weighted by Gasteiger charge is -2.09. The fourth-order valence-corrected chi connectivity index (χ4v) is 2.96. The summed E-state index contributed by atoms with van der Waals surface area (Å²) in [6, 6.07) is 14.9. The zero-order valence-corrected chi connectivity index (χ0v) is 13.1. The van der Waals surface area contributed by atoms with Crippen molar-refractivity contribution in [1.82, 2.24) is 15.0 Å². The highest BCUT2D eigenvalue weighted by molar-refractivity contribution is 7.92. The van der Waals surface area contributed by atoms with Crippen LogP contribution in [0.5, 0.6) is 11.8 Å². The second-order valence-corrected chi connectivity index (χ2v) is 6.30. The van der Waals surface area contributed by atoms with Gasteiger partial charge >= 0.3 is 6.01 Å². The third-order valence-electron chi connectivity index (χ3n) is 2.94. The Morgan fingerprint density at radius 1 is 0.958 bits per heavy atom. The molecule has 0 bridgehead atoms. The van der Waals surface area contributed by atoms with Crippen molar-refractivity contribution in [1.29, 1.82) is 0 Å². The molecule has 0 atom stereocenters. The molecule has 0 aliphatic rings. The molecular formula is C15H13N5O3S. The maximum atomic E-state index is 12.4. The maximum absolute atomic E-state index is 12.4. The molecular weight excluding hydrogens is 330 g/mol. The zero-order chi connectivity index (χ0) is 17.0. The van der Waals surface area contributed by atoms with E-state index in [1.54, 1.807) is 36.4 Å². The Kier molecular flexibility index (Phi) is 4.25. The highest BCUT2D eigenvalue weighted by Gasteiger charge is 2.18. The molecule has 0 saturated heterocycles. The van der Waals surface area contributed by atoms with Gasteiger partial charge in [-0.1, -0.05) is 30.3 Å². The Balaban J connectivity index is 1.83. The number of hydrogen-bond donors (Lipinski definition) is 2. The Bertz CT molecular complexity index is 948. The molecule has 122 valence electrons. The minimum atomic E-state index is -3.92. The van der Waals surface area contributed by atoms with Crippen LogP contribution in [0.3, 0.4) is 0 Å². The Morgan fingerprint density at radius 3 is 2.42 bits per heavy atom. The molecule has 2 aromatic carbocycles. The van der Waals surface area contributed by atoms with Gasteiger partial charge in [0, 0.05) is 0 Å². The van der Waals surface area contributed by atoms with Gasteiger partial charge in [-0.2, -0.15) is 9.97 Å². The number of benzene rings is 2. The monoisotopic (exact) mass is 343 g/mol. The molecule has 3 aromatic rings. The summed E-state index contributed by atoms with van der Waals surface area (Å²) in [4.78, 5) is 11.5. The minimum absolute atomic E-state index is 0.0325. The minimum Gasteiger partial charge on any atom is -0.424 e. The standard InChI is InChI=1S/C15H13N5O3S/c16-12-8-4-5-9-13(12)24(21,22)20-14-17-10-18-15(19-14)23-11-6-2-1-3-7-11/h1-10H,16H2,(H,17,18,19,20). The number of aromatic nitrogens is 3. The van der Waals surface area contributed by atoms with Crippen LogP contribution in [0, 0.1) is 0 Å². The lowest BCUT2D eigenvalue weighted by molar-refractivity contribution is 0.440. The van der Waals surface area contributed by atoms with Gasteiger partial charge in [0.05, 0.1) is 5.69 Å². The van der Waals surface area contributed by atoms with E-state index >= 15 is 0 Å². The van der Waals surface area contributed by atoms with Gasteiger partial charge in [-0.25, -0.2) is 18.1 Å². The van der Waals surface area contributed by atoms with Crippen LogP contribution in [0.25, 0.3) is 0 Å². The second-order valence-electron chi connectivity index (χ2n) is 4.65. The molecule has 0 unspecified atom stereocenters. The number of sulfonamides is 1. The summed E-state index contributed by atoms with van der Waals surface area (Å²) < 4.78 is 32.4. The second kappa shape index (κ2) is 6.50. The van der Waals surface area contributed by atoms with Gasteiger partial charge in [0.15, 0.2) is 0 Å². The van der Waals surface area contributed by atoms with Gasteiger partial charge in [-0.05, 0) is 24.3 Å². The lowest BCUT2D eigenvalue weighted by atomic mass is 10.3. The zero-order valence-electron chi connectivity index (χ0n) is 12.3. The molecule has 0 amide bonds. The molecule has 1 aromatic heterocycles. The number of rotatable bonds is 5. The van der Waals surface area contributed by atoms with E-state index in [0.717, 1.165) is 6.33 Å². The Morgan fingerprint density at radius 2 is 1.67 bits per heavy atom. The van der Waals surface area contributed by atoms with Crippen LogP contribution >= 0.6 is 0 Å². The molecule has 9 heteroatoms. The smallest absolute Gasteiger partial charge is 0.326 e. The lowest BCUT2D eigenvalue weighted by Crippen LogP contribution is -2.16. The normalized spacial score (nSPS) is 11.0. The quantitative estimate of drug-likeness (QED) is 0.680. The number of para-hydroxylation sites is 2. The molecule has 3 rings (SSSR count). The fourth-order valence-electron chi connectivity index (χ4n) is 1.87. The van der Waals surface area contributed by atoms with E-state index in [1.807, 2.05) is 6.07 Å². The number of nitrogen functional groups attached to an aromatic ring is 1. The highest BCUT2D eigenvalue weighted by atomic mass is 32.2. The summed E-state index contributed by atoms with van der Waals surface area (Å²) in [6.45, 7) is 0. The molecule has 1 heterocycles. The average Bonchev–Trinajstić information content (AvgIpc) is 2.56. The van der Waals surface area contributed by atoms with Crippen molar-refractivity contribution < 1.29 is 13.2 Å². The van der Waals surface area contributed by atoms with Crippen LogP contribution < -0.4 is 15.2 Å². The van der Waals surface area contributed by atoms with E-state index in [2.05, 4.69) is 19.7 Å². The van der Waals surface area contributed by atoms with Crippen molar-refractivity contribution in [2.45, 2.75) is 4.90 Å². The van der Waals surface area contributed by atoms with E-state index in [0.29, 0.717) is 5.75 Å². The van der Waals surface area contributed by atoms with Crippen molar-refractivity contribution in [2.75, 3.05) is 10.5 Å². The van der Waals surface area contributed by atoms with Crippen molar-refractivity contribution in [3.63, 3.8) is 0 Å². The van der Waals surface area contributed by atoms with Crippen LogP contribution in [-0.4, -0.2) is 23.4 Å². The highest BCUT2D eigenvalue weighted by Crippen LogP contribution is 2.21. The van der Waals surface area contributed by atoms with Crippen molar-refractivity contribution in [3.05, 3.63) is 60.9 Å². The van der Waals surface area contributed by atoms with Gasteiger partial charge in [0.2, 0.25) is 5.95 Å². The van der Waals surface area contributed by atoms with Crippen molar-refractivity contribution in [2.24, 2.45) is 0 Å². The summed E-state index contributed by atoms with van der Waals surface area (Å²) in [7, 11) is -3.92. The van der Waals surface area contributed by atoms with E-state index in [9.17, 15) is 8.42 Å². The van der Waals surface area contributed by atoms with Crippen LogP contribution in [0.15, 0.2) is 65.8 Å². The first-order chi connectivity index (χ1) is 11.5. The Hall–Kier alpha value is -3.20. The van der Waals surface area contributed by atoms with Gasteiger partial charge in [0.1, 0.15) is 17.0 Å². The summed E-state index contributed by atoms with van der Waals surface area (Å²) in [5.41, 5.74) is 5.82. The molecule has 0 radical (unpaired) electrons. The molecule has 0 aliphatic carbocycles. The van der Waals surface area contributed by atoms with Gasteiger partial charge < -0.3 is 10.5 Å². The maximum Gasteiger partial charge on any atom is 0.326 e. The third-order valence-corrected chi connectivity index (χ3v) is 4.34. The number of hydrogen-bond acceptors (Lipinski definition) is 7. The van der Waals surface area contributed by atoms with E-state index < -0.39 is 10.0 Å². The SMILES string of the molecule is Nc1ccccc1S(=O)(=O)Nc1ncnc(Oc2ccccc2)n1. The van der Waals surface area contributed by atoms with Crippen LogP contribution in [0.2, 0.25) is 0 Å². The summed E-state index contributed by atoms with van der Waals surface area (Å²) in [5.74, 6) is 0.351. The Labute approximate surface area is 138 Å². The number of nitrogens with two attached hydrogens (primary N) is 1. The van der Waals surface area contributed by atoms with Crippen LogP contribution in [0.1, 0.15) is 0 Å². The molecule has 0 aliphatic heterocycles. The van der Waals surface area contributed by atoms with Gasteiger partial charge in [-0.3, -0.25) is 0 Å².